The zero-order chi connectivity index (χ0) is 15.4. The molecule has 0 saturated carbocycles. The van der Waals surface area contributed by atoms with E-state index >= 15 is 0 Å². The van der Waals surface area contributed by atoms with Gasteiger partial charge in [-0.1, -0.05) is 31.5 Å². The Kier molecular flexibility index (Phi) is 5.23. The molecule has 0 bridgehead atoms. The first-order valence-electron chi connectivity index (χ1n) is 7.32. The highest BCUT2D eigenvalue weighted by Crippen LogP contribution is 2.17. The molecule has 2 rings (SSSR count). The fourth-order valence-electron chi connectivity index (χ4n) is 2.40. The van der Waals surface area contributed by atoms with Crippen LogP contribution in [0.3, 0.4) is 0 Å². The number of benzene rings is 1. The zero-order valence-electron chi connectivity index (χ0n) is 12.4. The van der Waals surface area contributed by atoms with E-state index in [1.807, 2.05) is 18.7 Å². The Morgan fingerprint density at radius 3 is 2.52 bits per heavy atom. The highest BCUT2D eigenvalue weighted by atomic mass is 35.5. The van der Waals surface area contributed by atoms with Crippen LogP contribution in [-0.4, -0.2) is 35.8 Å². The summed E-state index contributed by atoms with van der Waals surface area (Å²) in [5.74, 6) is 0.0804. The summed E-state index contributed by atoms with van der Waals surface area (Å²) in [5, 5.41) is 3.60. The molecule has 0 aromatic heterocycles. The van der Waals surface area contributed by atoms with E-state index < -0.39 is 0 Å². The highest BCUT2D eigenvalue weighted by Gasteiger charge is 2.25. The van der Waals surface area contributed by atoms with Crippen LogP contribution in [0.1, 0.15) is 37.0 Å². The maximum Gasteiger partial charge on any atom is 0.253 e. The summed E-state index contributed by atoms with van der Waals surface area (Å²) >= 11 is 5.92. The Hall–Kier alpha value is -1.55. The van der Waals surface area contributed by atoms with E-state index in [-0.39, 0.29) is 23.8 Å². The molecule has 2 amide bonds. The molecule has 4 nitrogen and oxygen atoms in total. The number of hydrogen-bond donors (Lipinski definition) is 1. The number of nitrogens with one attached hydrogen (secondary N) is 1. The third-order valence-corrected chi connectivity index (χ3v) is 3.96. The lowest BCUT2D eigenvalue weighted by molar-refractivity contribution is -0.124. The van der Waals surface area contributed by atoms with Crippen LogP contribution in [0.2, 0.25) is 5.02 Å². The predicted molar refractivity (Wildman–Crippen MR) is 83.4 cm³/mol. The molecule has 1 N–H and O–H groups in total. The van der Waals surface area contributed by atoms with Crippen LogP contribution in [0.15, 0.2) is 24.3 Å². The van der Waals surface area contributed by atoms with Gasteiger partial charge in [0, 0.05) is 35.6 Å². The zero-order valence-corrected chi connectivity index (χ0v) is 13.2. The second-order valence-electron chi connectivity index (χ2n) is 5.74. The smallest absolute Gasteiger partial charge is 0.253 e. The van der Waals surface area contributed by atoms with E-state index in [9.17, 15) is 9.59 Å². The van der Waals surface area contributed by atoms with Crippen molar-refractivity contribution in [2.24, 2.45) is 5.92 Å². The summed E-state index contributed by atoms with van der Waals surface area (Å²) in [6.45, 7) is 5.09. The van der Waals surface area contributed by atoms with Crippen molar-refractivity contribution in [2.45, 2.75) is 32.7 Å². The topological polar surface area (TPSA) is 49.4 Å². The summed E-state index contributed by atoms with van der Waals surface area (Å²) < 4.78 is 0. The quantitative estimate of drug-likeness (QED) is 0.933. The predicted octanol–water partition coefficient (Wildman–Crippen LogP) is 2.72. The van der Waals surface area contributed by atoms with Crippen molar-refractivity contribution in [1.29, 1.82) is 0 Å². The monoisotopic (exact) mass is 308 g/mol. The molecular weight excluding hydrogens is 288 g/mol. The Balaban J connectivity index is 1.89. The van der Waals surface area contributed by atoms with E-state index in [0.717, 1.165) is 12.8 Å². The summed E-state index contributed by atoms with van der Waals surface area (Å²) in [5.41, 5.74) is 0.618. The van der Waals surface area contributed by atoms with Crippen molar-refractivity contribution in [2.75, 3.05) is 13.1 Å². The molecule has 0 spiro atoms. The van der Waals surface area contributed by atoms with Gasteiger partial charge in [0.05, 0.1) is 0 Å². The lowest BCUT2D eigenvalue weighted by atomic mass is 10.0. The molecule has 1 heterocycles. The van der Waals surface area contributed by atoms with Crippen LogP contribution in [0.25, 0.3) is 0 Å². The second kappa shape index (κ2) is 6.94. The van der Waals surface area contributed by atoms with Crippen LogP contribution in [0, 0.1) is 5.92 Å². The van der Waals surface area contributed by atoms with E-state index in [0.29, 0.717) is 23.7 Å². The van der Waals surface area contributed by atoms with Gasteiger partial charge in [0.2, 0.25) is 5.91 Å². The molecule has 1 aromatic carbocycles. The van der Waals surface area contributed by atoms with Gasteiger partial charge in [0.15, 0.2) is 0 Å². The standard InChI is InChI=1S/C16H21ClN2O2/c1-11(2)15(20)18-14-6-8-19(9-7-14)16(21)12-4-3-5-13(17)10-12/h3-5,10-11,14H,6-9H2,1-2H3,(H,18,20). The minimum absolute atomic E-state index is 0.00359. The average Bonchev–Trinajstić information content (AvgIpc) is 2.47. The average molecular weight is 309 g/mol. The van der Waals surface area contributed by atoms with E-state index in [1.165, 1.54) is 0 Å². The highest BCUT2D eigenvalue weighted by molar-refractivity contribution is 6.30. The van der Waals surface area contributed by atoms with Gasteiger partial charge < -0.3 is 10.2 Å². The number of amides is 2. The van der Waals surface area contributed by atoms with Crippen LogP contribution < -0.4 is 5.32 Å². The first kappa shape index (κ1) is 15.8. The number of piperidine rings is 1. The molecular formula is C16H21ClN2O2. The van der Waals surface area contributed by atoms with Gasteiger partial charge >= 0.3 is 0 Å². The molecule has 1 aromatic rings. The molecule has 0 unspecified atom stereocenters. The largest absolute Gasteiger partial charge is 0.353 e. The van der Waals surface area contributed by atoms with Gasteiger partial charge in [0.1, 0.15) is 0 Å². The van der Waals surface area contributed by atoms with Crippen molar-refractivity contribution >= 4 is 23.4 Å². The number of rotatable bonds is 3. The number of carbonyl (C=O) groups excluding carboxylic acids is 2. The summed E-state index contributed by atoms with van der Waals surface area (Å²) in [4.78, 5) is 25.9. The van der Waals surface area contributed by atoms with E-state index in [4.69, 9.17) is 11.6 Å². The Morgan fingerprint density at radius 1 is 1.29 bits per heavy atom. The van der Waals surface area contributed by atoms with Crippen molar-refractivity contribution in [3.05, 3.63) is 34.9 Å². The van der Waals surface area contributed by atoms with Gasteiger partial charge in [-0.05, 0) is 31.0 Å². The van der Waals surface area contributed by atoms with Crippen molar-refractivity contribution < 1.29 is 9.59 Å². The van der Waals surface area contributed by atoms with Crippen LogP contribution in [0.4, 0.5) is 0 Å². The molecule has 1 saturated heterocycles. The van der Waals surface area contributed by atoms with E-state index in [1.54, 1.807) is 24.3 Å². The molecule has 1 aliphatic heterocycles. The molecule has 0 aliphatic carbocycles. The van der Waals surface area contributed by atoms with Gasteiger partial charge in [-0.15, -0.1) is 0 Å². The lowest BCUT2D eigenvalue weighted by Gasteiger charge is -2.32. The van der Waals surface area contributed by atoms with E-state index in [2.05, 4.69) is 5.32 Å². The maximum absolute atomic E-state index is 12.4. The number of hydrogen-bond acceptors (Lipinski definition) is 2. The van der Waals surface area contributed by atoms with Crippen LogP contribution in [0.5, 0.6) is 0 Å². The number of nitrogens with zero attached hydrogens (tertiary/aromatic N) is 1. The Labute approximate surface area is 130 Å². The summed E-state index contributed by atoms with van der Waals surface area (Å²) in [6.07, 6.45) is 1.59. The first-order valence-corrected chi connectivity index (χ1v) is 7.70. The Morgan fingerprint density at radius 2 is 1.95 bits per heavy atom. The third kappa shape index (κ3) is 4.21. The van der Waals surface area contributed by atoms with Gasteiger partial charge in [0.25, 0.3) is 5.91 Å². The molecule has 114 valence electrons. The van der Waals surface area contributed by atoms with Gasteiger partial charge in [-0.25, -0.2) is 0 Å². The van der Waals surface area contributed by atoms with Gasteiger partial charge in [-0.2, -0.15) is 0 Å². The maximum atomic E-state index is 12.4. The number of halogens is 1. The Bertz CT molecular complexity index is 523. The minimum atomic E-state index is -0.00359. The van der Waals surface area contributed by atoms with Crippen molar-refractivity contribution in [3.63, 3.8) is 0 Å². The fraction of sp³-hybridized carbons (Fsp3) is 0.500. The SMILES string of the molecule is CC(C)C(=O)NC1CCN(C(=O)c2cccc(Cl)c2)CC1. The van der Waals surface area contributed by atoms with Crippen molar-refractivity contribution in [3.8, 4) is 0 Å². The van der Waals surface area contributed by atoms with Gasteiger partial charge in [-0.3, -0.25) is 9.59 Å². The summed E-state index contributed by atoms with van der Waals surface area (Å²) in [6, 6.07) is 7.18. The fourth-order valence-corrected chi connectivity index (χ4v) is 2.59. The summed E-state index contributed by atoms with van der Waals surface area (Å²) in [7, 11) is 0. The van der Waals surface area contributed by atoms with Crippen LogP contribution in [-0.2, 0) is 4.79 Å². The molecule has 1 fully saturated rings. The van der Waals surface area contributed by atoms with Crippen LogP contribution >= 0.6 is 11.6 Å². The first-order chi connectivity index (χ1) is 9.97. The molecule has 21 heavy (non-hydrogen) atoms. The normalized spacial score (nSPS) is 16.1. The third-order valence-electron chi connectivity index (χ3n) is 3.72. The molecule has 0 radical (unpaired) electrons. The van der Waals surface area contributed by atoms with Crippen molar-refractivity contribution in [1.82, 2.24) is 10.2 Å². The second-order valence-corrected chi connectivity index (χ2v) is 6.18. The lowest BCUT2D eigenvalue weighted by Crippen LogP contribution is -2.47. The number of likely N-dealkylation sites (tertiary alicyclic amines) is 1. The molecule has 5 heteroatoms. The minimum Gasteiger partial charge on any atom is -0.353 e. The molecule has 1 aliphatic rings. The molecule has 0 atom stereocenters. The number of carbonyl (C=O) groups is 2.